The molecule has 33 heavy (non-hydrogen) atoms. The molecule has 1 saturated carbocycles. The van der Waals surface area contributed by atoms with Gasteiger partial charge in [0.05, 0.1) is 5.60 Å². The summed E-state index contributed by atoms with van der Waals surface area (Å²) in [6, 6.07) is 11.4. The second-order valence-corrected chi connectivity index (χ2v) is 10.0. The first kappa shape index (κ1) is 24.3. The summed E-state index contributed by atoms with van der Waals surface area (Å²) in [5.74, 6) is -1.31. The van der Waals surface area contributed by atoms with Gasteiger partial charge in [-0.25, -0.2) is 8.78 Å². The van der Waals surface area contributed by atoms with Crippen LogP contribution >= 0.6 is 11.6 Å². The monoisotopic (exact) mass is 474 g/mol. The average molecular weight is 475 g/mol. The number of hydrogen-bond acceptors (Lipinski definition) is 3. The van der Waals surface area contributed by atoms with Crippen molar-refractivity contribution in [3.63, 3.8) is 0 Å². The molecule has 2 aliphatic rings. The molecule has 0 spiro atoms. The van der Waals surface area contributed by atoms with E-state index >= 15 is 0 Å². The molecule has 0 aromatic heterocycles. The summed E-state index contributed by atoms with van der Waals surface area (Å²) >= 11 is 6.06. The van der Waals surface area contributed by atoms with E-state index in [-0.39, 0.29) is 17.9 Å². The van der Waals surface area contributed by atoms with Crippen molar-refractivity contribution in [3.05, 3.63) is 75.8 Å². The van der Waals surface area contributed by atoms with E-state index in [1.165, 1.54) is 18.2 Å². The van der Waals surface area contributed by atoms with E-state index < -0.39 is 17.2 Å². The van der Waals surface area contributed by atoms with Gasteiger partial charge in [-0.15, -0.1) is 0 Å². The third-order valence-corrected chi connectivity index (χ3v) is 7.53. The predicted molar refractivity (Wildman–Crippen MR) is 130 cm³/mol. The van der Waals surface area contributed by atoms with Crippen LogP contribution in [0.25, 0.3) is 6.08 Å². The van der Waals surface area contributed by atoms with Crippen LogP contribution in [0.2, 0.25) is 5.02 Å². The van der Waals surface area contributed by atoms with E-state index in [4.69, 9.17) is 11.6 Å². The quantitative estimate of drug-likeness (QED) is 0.587. The summed E-state index contributed by atoms with van der Waals surface area (Å²) in [6.07, 6.45) is 5.39. The first-order valence-corrected chi connectivity index (χ1v) is 12.3. The van der Waals surface area contributed by atoms with Crippen molar-refractivity contribution in [3.8, 4) is 0 Å². The number of aliphatic hydroxyl groups is 1. The fourth-order valence-electron chi connectivity index (χ4n) is 5.19. The van der Waals surface area contributed by atoms with Crippen molar-refractivity contribution >= 4 is 17.7 Å². The minimum Gasteiger partial charge on any atom is -0.385 e. The van der Waals surface area contributed by atoms with E-state index in [0.29, 0.717) is 11.4 Å². The molecule has 178 valence electrons. The maximum Gasteiger partial charge on any atom is 0.129 e. The number of hydrogen-bond donors (Lipinski definition) is 1. The molecule has 0 amide bonds. The second-order valence-electron chi connectivity index (χ2n) is 9.57. The van der Waals surface area contributed by atoms with Gasteiger partial charge >= 0.3 is 0 Å². The van der Waals surface area contributed by atoms with Crippen LogP contribution in [0.3, 0.4) is 0 Å². The molecule has 2 aromatic carbocycles. The summed E-state index contributed by atoms with van der Waals surface area (Å²) in [6.45, 7) is 4.57. The van der Waals surface area contributed by atoms with Crippen molar-refractivity contribution in [2.45, 2.75) is 37.7 Å². The molecule has 1 aliphatic heterocycles. The van der Waals surface area contributed by atoms with Crippen molar-refractivity contribution in [1.82, 2.24) is 9.80 Å². The van der Waals surface area contributed by atoms with Gasteiger partial charge < -0.3 is 14.9 Å². The van der Waals surface area contributed by atoms with Gasteiger partial charge in [0.2, 0.25) is 0 Å². The lowest BCUT2D eigenvalue weighted by Crippen LogP contribution is -2.51. The van der Waals surface area contributed by atoms with E-state index in [9.17, 15) is 13.9 Å². The minimum absolute atomic E-state index is 0.0349. The first-order chi connectivity index (χ1) is 15.8. The zero-order valence-corrected chi connectivity index (χ0v) is 20.0. The average Bonchev–Trinajstić information content (AvgIpc) is 2.93. The van der Waals surface area contributed by atoms with Crippen LogP contribution < -0.4 is 0 Å². The third kappa shape index (κ3) is 5.83. The van der Waals surface area contributed by atoms with E-state index in [1.807, 2.05) is 30.3 Å². The standard InChI is InChI=1S/C27H33ClF2N2O/c1-31-13-15-32(16-14-31)19-22-6-3-2-5-21(17-20-9-11-23(28)12-10-20)27(22,33)18-24-25(29)7-4-8-26(24)30/h4,7-12,17,22,33H,2-3,5-6,13-16,18-19H2,1H3. The summed E-state index contributed by atoms with van der Waals surface area (Å²) < 4.78 is 29.4. The Balaban J connectivity index is 1.72. The Morgan fingerprint density at radius 3 is 2.36 bits per heavy atom. The highest BCUT2D eigenvalue weighted by Gasteiger charge is 2.43. The Bertz CT molecular complexity index is 952. The maximum absolute atomic E-state index is 14.7. The Labute approximate surface area is 200 Å². The SMILES string of the molecule is CN1CCN(CC2CCCCC(=Cc3ccc(Cl)cc3)C2(O)Cc2c(F)cccc2F)CC1. The van der Waals surface area contributed by atoms with Crippen LogP contribution in [-0.4, -0.2) is 60.3 Å². The molecule has 0 radical (unpaired) electrons. The molecule has 1 aliphatic carbocycles. The third-order valence-electron chi connectivity index (χ3n) is 7.27. The molecular formula is C27H33ClF2N2O. The van der Waals surface area contributed by atoms with Crippen LogP contribution in [0.5, 0.6) is 0 Å². The molecule has 2 atom stereocenters. The van der Waals surface area contributed by atoms with Crippen LogP contribution in [0.4, 0.5) is 8.78 Å². The van der Waals surface area contributed by atoms with Crippen LogP contribution in [-0.2, 0) is 6.42 Å². The van der Waals surface area contributed by atoms with Gasteiger partial charge in [0.25, 0.3) is 0 Å². The molecule has 6 heteroatoms. The van der Waals surface area contributed by atoms with Gasteiger partial charge in [0.1, 0.15) is 11.6 Å². The number of piperazine rings is 1. The molecule has 2 aromatic rings. The van der Waals surface area contributed by atoms with E-state index in [2.05, 4.69) is 16.8 Å². The summed E-state index contributed by atoms with van der Waals surface area (Å²) in [5.41, 5.74) is 0.418. The highest BCUT2D eigenvalue weighted by molar-refractivity contribution is 6.30. The first-order valence-electron chi connectivity index (χ1n) is 11.9. The molecular weight excluding hydrogens is 442 g/mol. The van der Waals surface area contributed by atoms with Crippen LogP contribution in [0, 0.1) is 17.6 Å². The van der Waals surface area contributed by atoms with Gasteiger partial charge in [0.15, 0.2) is 0 Å². The number of halogens is 3. The van der Waals surface area contributed by atoms with Gasteiger partial charge in [0, 0.05) is 55.6 Å². The largest absolute Gasteiger partial charge is 0.385 e. The van der Waals surface area contributed by atoms with Crippen molar-refractivity contribution in [2.24, 2.45) is 5.92 Å². The maximum atomic E-state index is 14.7. The van der Waals surface area contributed by atoms with Crippen molar-refractivity contribution in [1.29, 1.82) is 0 Å². The molecule has 4 rings (SSSR count). The van der Waals surface area contributed by atoms with Gasteiger partial charge in [-0.1, -0.05) is 42.3 Å². The molecule has 1 saturated heterocycles. The Morgan fingerprint density at radius 2 is 1.70 bits per heavy atom. The Hall–Kier alpha value is -1.79. The summed E-state index contributed by atoms with van der Waals surface area (Å²) in [4.78, 5) is 4.69. The van der Waals surface area contributed by atoms with Crippen LogP contribution in [0.15, 0.2) is 48.0 Å². The fraction of sp³-hybridized carbons (Fsp3) is 0.481. The topological polar surface area (TPSA) is 26.7 Å². The van der Waals surface area contributed by atoms with Crippen molar-refractivity contribution < 1.29 is 13.9 Å². The Kier molecular flexibility index (Phi) is 7.85. The smallest absolute Gasteiger partial charge is 0.129 e. The summed E-state index contributed by atoms with van der Waals surface area (Å²) in [7, 11) is 2.12. The normalized spacial score (nSPS) is 26.5. The molecule has 0 bridgehead atoms. The molecule has 2 unspecified atom stereocenters. The molecule has 1 N–H and O–H groups in total. The Morgan fingerprint density at radius 1 is 1.03 bits per heavy atom. The second kappa shape index (κ2) is 10.6. The lowest BCUT2D eigenvalue weighted by molar-refractivity contribution is -0.00756. The van der Waals surface area contributed by atoms with Gasteiger partial charge in [-0.2, -0.15) is 0 Å². The predicted octanol–water partition coefficient (Wildman–Crippen LogP) is 5.41. The van der Waals surface area contributed by atoms with Crippen molar-refractivity contribution in [2.75, 3.05) is 39.8 Å². The number of likely N-dealkylation sites (N-methyl/N-ethyl adjacent to an activating group) is 1. The lowest BCUT2D eigenvalue weighted by Gasteiger charge is -2.42. The van der Waals surface area contributed by atoms with Gasteiger partial charge in [-0.3, -0.25) is 0 Å². The van der Waals surface area contributed by atoms with E-state index in [0.717, 1.165) is 63.1 Å². The molecule has 3 nitrogen and oxygen atoms in total. The highest BCUT2D eigenvalue weighted by atomic mass is 35.5. The lowest BCUT2D eigenvalue weighted by atomic mass is 9.74. The molecule has 2 fully saturated rings. The van der Waals surface area contributed by atoms with Gasteiger partial charge in [-0.05, 0) is 61.7 Å². The summed E-state index contributed by atoms with van der Waals surface area (Å²) in [5, 5.41) is 13.0. The number of rotatable bonds is 5. The zero-order chi connectivity index (χ0) is 23.4. The number of nitrogens with zero attached hydrogens (tertiary/aromatic N) is 2. The number of benzene rings is 2. The zero-order valence-electron chi connectivity index (χ0n) is 19.2. The highest BCUT2D eigenvalue weighted by Crippen LogP contribution is 2.41. The fourth-order valence-corrected chi connectivity index (χ4v) is 5.32. The molecule has 1 heterocycles. The van der Waals surface area contributed by atoms with E-state index in [1.54, 1.807) is 0 Å². The van der Waals surface area contributed by atoms with Crippen LogP contribution in [0.1, 0.15) is 36.8 Å². The minimum atomic E-state index is -1.33.